The molecule has 0 radical (unpaired) electrons. The molecule has 0 saturated carbocycles. The molecule has 2 heterocycles. The minimum atomic E-state index is 1.27. The number of pyridine rings is 1. The van der Waals surface area contributed by atoms with Gasteiger partial charge in [0.2, 0.25) is 0 Å². The van der Waals surface area contributed by atoms with E-state index in [-0.39, 0.29) is 0 Å². The molecule has 0 amide bonds. The van der Waals surface area contributed by atoms with Crippen LogP contribution in [0.4, 0.5) is 0 Å². The Morgan fingerprint density at radius 2 is 1.67 bits per heavy atom. The molecule has 1 aromatic carbocycles. The van der Waals surface area contributed by atoms with Gasteiger partial charge in [-0.1, -0.05) is 32.0 Å². The van der Waals surface area contributed by atoms with Crippen molar-refractivity contribution in [3.05, 3.63) is 42.7 Å². The SMILES string of the molecule is CC.c1ccc2c(c1)sc1ccncc12. The summed E-state index contributed by atoms with van der Waals surface area (Å²) in [5.74, 6) is 0. The molecule has 2 aromatic heterocycles. The van der Waals surface area contributed by atoms with Gasteiger partial charge in [-0.25, -0.2) is 0 Å². The van der Waals surface area contributed by atoms with E-state index in [0.29, 0.717) is 0 Å². The van der Waals surface area contributed by atoms with E-state index < -0.39 is 0 Å². The maximum absolute atomic E-state index is 4.14. The Hall–Kier alpha value is -1.41. The van der Waals surface area contributed by atoms with Crippen molar-refractivity contribution in [2.75, 3.05) is 0 Å². The minimum absolute atomic E-state index is 1.27. The highest BCUT2D eigenvalue weighted by molar-refractivity contribution is 7.25. The number of benzene rings is 1. The van der Waals surface area contributed by atoms with Crippen molar-refractivity contribution in [2.45, 2.75) is 13.8 Å². The van der Waals surface area contributed by atoms with Crippen LogP contribution in [0.2, 0.25) is 0 Å². The van der Waals surface area contributed by atoms with Crippen LogP contribution in [0.5, 0.6) is 0 Å². The Bertz CT molecular complexity index is 518. The molecule has 0 N–H and O–H groups in total. The molecule has 0 aliphatic heterocycles. The summed E-state index contributed by atoms with van der Waals surface area (Å²) in [7, 11) is 0. The summed E-state index contributed by atoms with van der Waals surface area (Å²) in [5.41, 5.74) is 0. The molecular formula is C13H13NS. The average molecular weight is 215 g/mol. The predicted octanol–water partition coefficient (Wildman–Crippen LogP) is 4.48. The van der Waals surface area contributed by atoms with Gasteiger partial charge < -0.3 is 0 Å². The minimum Gasteiger partial charge on any atom is -0.264 e. The van der Waals surface area contributed by atoms with Crippen LogP contribution in [0.1, 0.15) is 13.8 Å². The van der Waals surface area contributed by atoms with Gasteiger partial charge in [0.25, 0.3) is 0 Å². The molecule has 2 heteroatoms. The Kier molecular flexibility index (Phi) is 2.97. The summed E-state index contributed by atoms with van der Waals surface area (Å²) in [6.45, 7) is 4.00. The zero-order chi connectivity index (χ0) is 10.7. The number of rotatable bonds is 0. The first-order chi connectivity index (χ1) is 7.45. The van der Waals surface area contributed by atoms with Gasteiger partial charge in [0.05, 0.1) is 0 Å². The second-order valence-corrected chi connectivity index (χ2v) is 4.05. The van der Waals surface area contributed by atoms with Crippen LogP contribution in [0.15, 0.2) is 42.7 Å². The molecule has 3 rings (SSSR count). The number of hydrogen-bond acceptors (Lipinski definition) is 2. The highest BCUT2D eigenvalue weighted by atomic mass is 32.1. The zero-order valence-electron chi connectivity index (χ0n) is 8.90. The van der Waals surface area contributed by atoms with E-state index in [2.05, 4.69) is 35.3 Å². The largest absolute Gasteiger partial charge is 0.264 e. The molecule has 0 aliphatic carbocycles. The van der Waals surface area contributed by atoms with Gasteiger partial charge >= 0.3 is 0 Å². The summed E-state index contributed by atoms with van der Waals surface area (Å²) in [5, 5.41) is 2.58. The molecular weight excluding hydrogens is 202 g/mol. The van der Waals surface area contributed by atoms with Crippen molar-refractivity contribution in [3.63, 3.8) is 0 Å². The van der Waals surface area contributed by atoms with Gasteiger partial charge in [-0.05, 0) is 12.1 Å². The van der Waals surface area contributed by atoms with E-state index in [1.807, 2.05) is 37.6 Å². The topological polar surface area (TPSA) is 12.9 Å². The van der Waals surface area contributed by atoms with E-state index in [1.165, 1.54) is 20.2 Å². The van der Waals surface area contributed by atoms with Gasteiger partial charge in [-0.2, -0.15) is 0 Å². The molecule has 0 aliphatic rings. The number of fused-ring (bicyclic) bond motifs is 3. The molecule has 3 aromatic rings. The van der Waals surface area contributed by atoms with Crippen molar-refractivity contribution >= 4 is 31.5 Å². The lowest BCUT2D eigenvalue weighted by Crippen LogP contribution is -1.67. The first-order valence-corrected chi connectivity index (χ1v) is 5.98. The van der Waals surface area contributed by atoms with Crippen LogP contribution >= 0.6 is 11.3 Å². The number of thiophene rings is 1. The maximum Gasteiger partial charge on any atom is 0.0386 e. The Labute approximate surface area is 93.4 Å². The predicted molar refractivity (Wildman–Crippen MR) is 68.5 cm³/mol. The smallest absolute Gasteiger partial charge is 0.0386 e. The second kappa shape index (κ2) is 4.41. The fourth-order valence-electron chi connectivity index (χ4n) is 1.57. The molecule has 15 heavy (non-hydrogen) atoms. The number of nitrogens with zero attached hydrogens (tertiary/aromatic N) is 1. The molecule has 0 spiro atoms. The molecule has 0 fully saturated rings. The van der Waals surface area contributed by atoms with Crippen LogP contribution in [0.3, 0.4) is 0 Å². The van der Waals surface area contributed by atoms with Crippen LogP contribution < -0.4 is 0 Å². The first kappa shape index (κ1) is 10.1. The number of hydrogen-bond donors (Lipinski definition) is 0. The van der Waals surface area contributed by atoms with Gasteiger partial charge in [0.1, 0.15) is 0 Å². The van der Waals surface area contributed by atoms with E-state index in [4.69, 9.17) is 0 Å². The molecule has 0 atom stereocenters. The van der Waals surface area contributed by atoms with Crippen molar-refractivity contribution < 1.29 is 0 Å². The first-order valence-electron chi connectivity index (χ1n) is 5.16. The van der Waals surface area contributed by atoms with Gasteiger partial charge in [-0.15, -0.1) is 11.3 Å². The Morgan fingerprint density at radius 3 is 2.53 bits per heavy atom. The van der Waals surface area contributed by atoms with E-state index in [9.17, 15) is 0 Å². The molecule has 0 unspecified atom stereocenters. The van der Waals surface area contributed by atoms with Gasteiger partial charge in [0.15, 0.2) is 0 Å². The highest BCUT2D eigenvalue weighted by Crippen LogP contribution is 2.32. The summed E-state index contributed by atoms with van der Waals surface area (Å²) in [4.78, 5) is 4.14. The fraction of sp³-hybridized carbons (Fsp3) is 0.154. The van der Waals surface area contributed by atoms with Crippen molar-refractivity contribution in [3.8, 4) is 0 Å². The van der Waals surface area contributed by atoms with Crippen molar-refractivity contribution in [1.82, 2.24) is 4.98 Å². The third-order valence-electron chi connectivity index (χ3n) is 2.18. The highest BCUT2D eigenvalue weighted by Gasteiger charge is 2.01. The van der Waals surface area contributed by atoms with E-state index in [1.54, 1.807) is 0 Å². The van der Waals surface area contributed by atoms with Gasteiger partial charge in [0, 0.05) is 32.6 Å². The summed E-state index contributed by atoms with van der Waals surface area (Å²) >= 11 is 1.82. The third-order valence-corrected chi connectivity index (χ3v) is 3.33. The molecule has 0 bridgehead atoms. The lowest BCUT2D eigenvalue weighted by atomic mass is 10.2. The second-order valence-electron chi connectivity index (χ2n) is 2.97. The van der Waals surface area contributed by atoms with Crippen molar-refractivity contribution in [1.29, 1.82) is 0 Å². The summed E-state index contributed by atoms with van der Waals surface area (Å²) in [6, 6.07) is 10.5. The quantitative estimate of drug-likeness (QED) is 0.539. The Balaban J connectivity index is 0.000000404. The Morgan fingerprint density at radius 1 is 0.933 bits per heavy atom. The number of aromatic nitrogens is 1. The standard InChI is InChI=1S/C11H7NS.C2H6/c1-2-4-10-8(3-1)9-7-12-6-5-11(9)13-10;1-2/h1-7H;1-2H3. The van der Waals surface area contributed by atoms with Crippen LogP contribution in [-0.2, 0) is 0 Å². The van der Waals surface area contributed by atoms with Gasteiger partial charge in [-0.3, -0.25) is 4.98 Å². The van der Waals surface area contributed by atoms with Crippen LogP contribution in [-0.4, -0.2) is 4.98 Å². The fourth-order valence-corrected chi connectivity index (χ4v) is 2.64. The molecule has 1 nitrogen and oxygen atoms in total. The van der Waals surface area contributed by atoms with E-state index in [0.717, 1.165) is 0 Å². The normalized spacial score (nSPS) is 10.0. The van der Waals surface area contributed by atoms with Crippen LogP contribution in [0.25, 0.3) is 20.2 Å². The van der Waals surface area contributed by atoms with E-state index >= 15 is 0 Å². The lowest BCUT2D eigenvalue weighted by Gasteiger charge is -1.87. The molecule has 0 saturated heterocycles. The summed E-state index contributed by atoms with van der Waals surface area (Å²) in [6.07, 6.45) is 3.78. The monoisotopic (exact) mass is 215 g/mol. The van der Waals surface area contributed by atoms with Crippen LogP contribution in [0, 0.1) is 0 Å². The average Bonchev–Trinajstić information content (AvgIpc) is 2.70. The maximum atomic E-state index is 4.14. The van der Waals surface area contributed by atoms with Crippen molar-refractivity contribution in [2.24, 2.45) is 0 Å². The zero-order valence-corrected chi connectivity index (χ0v) is 9.71. The third kappa shape index (κ3) is 1.73. The lowest BCUT2D eigenvalue weighted by molar-refractivity contribution is 1.37. The summed E-state index contributed by atoms with van der Waals surface area (Å²) < 4.78 is 2.65. The molecule has 76 valence electrons.